The Morgan fingerprint density at radius 1 is 0.600 bits per heavy atom. The van der Waals surface area contributed by atoms with Crippen molar-refractivity contribution in [2.24, 2.45) is 0 Å². The van der Waals surface area contributed by atoms with Gasteiger partial charge in [0, 0.05) is 11.1 Å². The number of carbonyl (C=O) groups excluding carboxylic acids is 1. The number of ketones is 1. The van der Waals surface area contributed by atoms with Crippen LogP contribution in [0.3, 0.4) is 0 Å². The zero-order valence-corrected chi connectivity index (χ0v) is 7.53. The summed E-state index contributed by atoms with van der Waals surface area (Å²) >= 11 is 0. The molecule has 0 unspecified atom stereocenters. The molecule has 68 valence electrons. The van der Waals surface area contributed by atoms with Crippen LogP contribution < -0.4 is 0 Å². The van der Waals surface area contributed by atoms with E-state index in [0.29, 0.717) is 0 Å². The van der Waals surface area contributed by atoms with E-state index < -0.39 is 0 Å². The third-order valence-electron chi connectivity index (χ3n) is 2.63. The normalized spacial score (nSPS) is 11.6. The fourth-order valence-electron chi connectivity index (χ4n) is 1.98. The maximum absolute atomic E-state index is 11.9. The Morgan fingerprint density at radius 3 is 1.33 bits per heavy atom. The fourth-order valence-corrected chi connectivity index (χ4v) is 1.98. The van der Waals surface area contributed by atoms with E-state index >= 15 is 0 Å². The molecule has 1 aliphatic carbocycles. The van der Waals surface area contributed by atoms with Gasteiger partial charge < -0.3 is 0 Å². The van der Waals surface area contributed by atoms with Gasteiger partial charge in [0.1, 0.15) is 0 Å². The Balaban J connectivity index is 0.000000853. The molecule has 2 aromatic rings. The summed E-state index contributed by atoms with van der Waals surface area (Å²) < 4.78 is 0. The molecule has 0 aliphatic heterocycles. The Hall–Kier alpha value is -1.29. The standard InChI is InChI=1S/C13H8O.Li.H/c14-13-11-7-3-1-5-9(11)10-6-2-4-8-12(10)13;;/h1-8H;;. The van der Waals surface area contributed by atoms with Crippen molar-refractivity contribution in [2.45, 2.75) is 0 Å². The molecule has 0 bridgehead atoms. The first-order valence-electron chi connectivity index (χ1n) is 4.61. The van der Waals surface area contributed by atoms with Crippen molar-refractivity contribution >= 4 is 24.6 Å². The zero-order valence-electron chi connectivity index (χ0n) is 7.53. The Morgan fingerprint density at radius 2 is 0.933 bits per heavy atom. The van der Waals surface area contributed by atoms with Gasteiger partial charge in [-0.1, -0.05) is 48.5 Å². The molecule has 15 heavy (non-hydrogen) atoms. The van der Waals surface area contributed by atoms with Crippen molar-refractivity contribution in [1.82, 2.24) is 0 Å². The third kappa shape index (κ3) is 1.36. The summed E-state index contributed by atoms with van der Waals surface area (Å²) in [5.74, 6) is 0.149. The van der Waals surface area contributed by atoms with E-state index in [0.717, 1.165) is 22.3 Å². The van der Waals surface area contributed by atoms with Crippen LogP contribution in [0.25, 0.3) is 11.1 Å². The second-order valence-corrected chi connectivity index (χ2v) is 3.42. The van der Waals surface area contributed by atoms with E-state index in [2.05, 4.69) is 0 Å². The SMILES string of the molecule is O=C1c2ccccc2-c2ccccc21.[LiH]. The second kappa shape index (κ2) is 3.70. The number of benzene rings is 2. The van der Waals surface area contributed by atoms with Gasteiger partial charge in [-0.05, 0) is 11.1 Å². The van der Waals surface area contributed by atoms with Crippen molar-refractivity contribution in [3.05, 3.63) is 59.7 Å². The molecule has 2 heteroatoms. The minimum absolute atomic E-state index is 0. The number of fused-ring (bicyclic) bond motifs is 3. The first kappa shape index (κ1) is 10.2. The first-order valence-corrected chi connectivity index (χ1v) is 4.61. The fraction of sp³-hybridized carbons (Fsp3) is 0. The molecule has 0 heterocycles. The van der Waals surface area contributed by atoms with Crippen LogP contribution in [-0.4, -0.2) is 24.6 Å². The molecule has 0 radical (unpaired) electrons. The molecule has 3 rings (SSSR count). The number of rotatable bonds is 0. The van der Waals surface area contributed by atoms with Gasteiger partial charge in [0.25, 0.3) is 0 Å². The van der Waals surface area contributed by atoms with Gasteiger partial charge >= 0.3 is 18.9 Å². The topological polar surface area (TPSA) is 17.1 Å². The van der Waals surface area contributed by atoms with Gasteiger partial charge in [0.2, 0.25) is 0 Å². The van der Waals surface area contributed by atoms with Gasteiger partial charge in [0.15, 0.2) is 5.78 Å². The van der Waals surface area contributed by atoms with Gasteiger partial charge in [-0.15, -0.1) is 0 Å². The van der Waals surface area contributed by atoms with E-state index in [9.17, 15) is 4.79 Å². The molecule has 2 aromatic carbocycles. The van der Waals surface area contributed by atoms with Crippen LogP contribution in [0.5, 0.6) is 0 Å². The summed E-state index contributed by atoms with van der Waals surface area (Å²) in [6.07, 6.45) is 0. The van der Waals surface area contributed by atoms with Crippen molar-refractivity contribution in [3.63, 3.8) is 0 Å². The summed E-state index contributed by atoms with van der Waals surface area (Å²) in [6.45, 7) is 0. The first-order chi connectivity index (χ1) is 6.88. The monoisotopic (exact) mass is 188 g/mol. The molecule has 0 aromatic heterocycles. The van der Waals surface area contributed by atoms with Crippen LogP contribution in [-0.2, 0) is 0 Å². The molecule has 0 fully saturated rings. The van der Waals surface area contributed by atoms with E-state index in [4.69, 9.17) is 0 Å². The summed E-state index contributed by atoms with van der Waals surface area (Å²) in [4.78, 5) is 11.9. The molecule has 1 aliphatic rings. The Labute approximate surface area is 100 Å². The predicted molar refractivity (Wildman–Crippen MR) is 62.5 cm³/mol. The van der Waals surface area contributed by atoms with Crippen LogP contribution in [0, 0.1) is 0 Å². The van der Waals surface area contributed by atoms with Crippen LogP contribution in [0.4, 0.5) is 0 Å². The summed E-state index contributed by atoms with van der Waals surface area (Å²) in [5.41, 5.74) is 3.78. The molecule has 0 N–H and O–H groups in total. The molecule has 0 atom stereocenters. The van der Waals surface area contributed by atoms with E-state index in [1.165, 1.54) is 0 Å². The third-order valence-corrected chi connectivity index (χ3v) is 2.63. The minimum atomic E-state index is 0. The van der Waals surface area contributed by atoms with Crippen molar-refractivity contribution in [1.29, 1.82) is 0 Å². The predicted octanol–water partition coefficient (Wildman–Crippen LogP) is 2.25. The molecule has 0 spiro atoms. The Bertz CT molecular complexity index is 484. The van der Waals surface area contributed by atoms with Crippen molar-refractivity contribution < 1.29 is 4.79 Å². The summed E-state index contributed by atoms with van der Waals surface area (Å²) in [5, 5.41) is 0. The zero-order chi connectivity index (χ0) is 9.54. The quantitative estimate of drug-likeness (QED) is 0.494. The molecule has 0 amide bonds. The van der Waals surface area contributed by atoms with Gasteiger partial charge in [-0.25, -0.2) is 0 Å². The number of carbonyl (C=O) groups is 1. The number of hydrogen-bond donors (Lipinski definition) is 0. The summed E-state index contributed by atoms with van der Waals surface area (Å²) in [6, 6.07) is 15.5. The maximum atomic E-state index is 11.9. The molecular formula is C13H9LiO. The van der Waals surface area contributed by atoms with E-state index in [1.54, 1.807) is 0 Å². The van der Waals surface area contributed by atoms with E-state index in [-0.39, 0.29) is 24.6 Å². The average Bonchev–Trinajstić information content (AvgIpc) is 2.55. The Kier molecular flexibility index (Phi) is 2.52. The second-order valence-electron chi connectivity index (χ2n) is 3.42. The van der Waals surface area contributed by atoms with Crippen LogP contribution >= 0.6 is 0 Å². The van der Waals surface area contributed by atoms with Gasteiger partial charge in [-0.3, -0.25) is 4.79 Å². The summed E-state index contributed by atoms with van der Waals surface area (Å²) in [7, 11) is 0. The molecule has 0 saturated heterocycles. The molecular weight excluding hydrogens is 179 g/mol. The van der Waals surface area contributed by atoms with Crippen LogP contribution in [0.1, 0.15) is 15.9 Å². The van der Waals surface area contributed by atoms with Crippen LogP contribution in [0.15, 0.2) is 48.5 Å². The molecule has 0 saturated carbocycles. The van der Waals surface area contributed by atoms with Crippen molar-refractivity contribution in [2.75, 3.05) is 0 Å². The number of hydrogen-bond acceptors (Lipinski definition) is 1. The van der Waals surface area contributed by atoms with Crippen molar-refractivity contribution in [3.8, 4) is 11.1 Å². The van der Waals surface area contributed by atoms with E-state index in [1.807, 2.05) is 48.5 Å². The van der Waals surface area contributed by atoms with Gasteiger partial charge in [-0.2, -0.15) is 0 Å². The van der Waals surface area contributed by atoms with Crippen LogP contribution in [0.2, 0.25) is 0 Å². The molecule has 1 nitrogen and oxygen atoms in total. The van der Waals surface area contributed by atoms with Gasteiger partial charge in [0.05, 0.1) is 0 Å². The average molecular weight is 188 g/mol.